The normalized spacial score (nSPS) is 16.1. The summed E-state index contributed by atoms with van der Waals surface area (Å²) in [5, 5.41) is 7.97. The van der Waals surface area contributed by atoms with Gasteiger partial charge in [0, 0.05) is 16.5 Å². The molecule has 7 heteroatoms. The number of carbonyl (C=O) groups excluding carboxylic acids is 1. The van der Waals surface area contributed by atoms with Crippen molar-refractivity contribution in [2.24, 2.45) is 5.92 Å². The van der Waals surface area contributed by atoms with Crippen molar-refractivity contribution in [2.45, 2.75) is 45.7 Å². The average molecular weight is 453 g/mol. The second-order valence-electron chi connectivity index (χ2n) is 8.45. The second kappa shape index (κ2) is 10.3. The van der Waals surface area contributed by atoms with E-state index in [1.54, 1.807) is 0 Å². The summed E-state index contributed by atoms with van der Waals surface area (Å²) in [5.74, 6) is 1.31. The van der Waals surface area contributed by atoms with Gasteiger partial charge in [-0.25, -0.2) is 0 Å². The summed E-state index contributed by atoms with van der Waals surface area (Å²) < 4.78 is 5.44. The van der Waals surface area contributed by atoms with Crippen LogP contribution in [0.2, 0.25) is 5.02 Å². The van der Waals surface area contributed by atoms with E-state index in [4.69, 9.17) is 16.1 Å². The molecule has 2 heterocycles. The lowest BCUT2D eigenvalue weighted by atomic mass is 9.94. The SMILES string of the molecule is CCC(NC(=O)C1CCN(Cc2nc(-c3cccc(Cl)c3)no2)CC1)c1ccc(C)cc1. The number of benzene rings is 2. The first kappa shape index (κ1) is 22.5. The fraction of sp³-hybridized carbons (Fsp3) is 0.400. The molecule has 1 atom stereocenters. The Hall–Kier alpha value is -2.70. The van der Waals surface area contributed by atoms with Gasteiger partial charge in [0.15, 0.2) is 0 Å². The molecular formula is C25H29ClN4O2. The zero-order chi connectivity index (χ0) is 22.5. The number of carbonyl (C=O) groups is 1. The molecule has 1 fully saturated rings. The van der Waals surface area contributed by atoms with Crippen LogP contribution in [0.5, 0.6) is 0 Å². The molecule has 4 rings (SSSR count). The van der Waals surface area contributed by atoms with Gasteiger partial charge in [0.1, 0.15) is 0 Å². The fourth-order valence-corrected chi connectivity index (χ4v) is 4.31. The van der Waals surface area contributed by atoms with Crippen molar-refractivity contribution in [3.8, 4) is 11.4 Å². The van der Waals surface area contributed by atoms with E-state index >= 15 is 0 Å². The number of aryl methyl sites for hydroxylation is 1. The van der Waals surface area contributed by atoms with E-state index in [2.05, 4.69) is 58.5 Å². The number of piperidine rings is 1. The van der Waals surface area contributed by atoms with E-state index in [1.807, 2.05) is 24.3 Å². The number of hydrogen-bond acceptors (Lipinski definition) is 5. The van der Waals surface area contributed by atoms with E-state index in [0.717, 1.165) is 43.5 Å². The van der Waals surface area contributed by atoms with Crippen LogP contribution < -0.4 is 5.32 Å². The van der Waals surface area contributed by atoms with Crippen molar-refractivity contribution in [3.63, 3.8) is 0 Å². The van der Waals surface area contributed by atoms with Crippen LogP contribution in [0.3, 0.4) is 0 Å². The summed E-state index contributed by atoms with van der Waals surface area (Å²) in [6, 6.07) is 15.9. The third-order valence-electron chi connectivity index (χ3n) is 6.07. The molecule has 0 radical (unpaired) electrons. The first-order chi connectivity index (χ1) is 15.5. The number of likely N-dealkylation sites (tertiary alicyclic amines) is 1. The molecule has 2 aromatic carbocycles. The number of amides is 1. The van der Waals surface area contributed by atoms with Crippen molar-refractivity contribution >= 4 is 17.5 Å². The monoisotopic (exact) mass is 452 g/mol. The topological polar surface area (TPSA) is 71.3 Å². The lowest BCUT2D eigenvalue weighted by Gasteiger charge is -2.31. The molecule has 1 aliphatic rings. The van der Waals surface area contributed by atoms with Gasteiger partial charge in [-0.05, 0) is 57.0 Å². The van der Waals surface area contributed by atoms with Gasteiger partial charge in [-0.3, -0.25) is 9.69 Å². The number of rotatable bonds is 7. The number of nitrogens with zero attached hydrogens (tertiary/aromatic N) is 3. The first-order valence-corrected chi connectivity index (χ1v) is 11.6. The summed E-state index contributed by atoms with van der Waals surface area (Å²) >= 11 is 6.05. The minimum atomic E-state index is 0.0375. The van der Waals surface area contributed by atoms with Crippen molar-refractivity contribution in [1.82, 2.24) is 20.4 Å². The third kappa shape index (κ3) is 5.56. The Bertz CT molecular complexity index is 1040. The molecule has 1 amide bonds. The van der Waals surface area contributed by atoms with E-state index < -0.39 is 0 Å². The van der Waals surface area contributed by atoms with E-state index in [-0.39, 0.29) is 17.9 Å². The van der Waals surface area contributed by atoms with Crippen LogP contribution >= 0.6 is 11.6 Å². The Morgan fingerprint density at radius 1 is 1.22 bits per heavy atom. The van der Waals surface area contributed by atoms with Crippen molar-refractivity contribution < 1.29 is 9.32 Å². The van der Waals surface area contributed by atoms with E-state index in [9.17, 15) is 4.79 Å². The molecule has 1 N–H and O–H groups in total. The van der Waals surface area contributed by atoms with Crippen molar-refractivity contribution in [2.75, 3.05) is 13.1 Å². The van der Waals surface area contributed by atoms with Gasteiger partial charge in [0.25, 0.3) is 0 Å². The molecule has 0 saturated carbocycles. The van der Waals surface area contributed by atoms with E-state index in [1.165, 1.54) is 5.56 Å². The summed E-state index contributed by atoms with van der Waals surface area (Å²) in [7, 11) is 0. The molecule has 3 aromatic rings. The first-order valence-electron chi connectivity index (χ1n) is 11.2. The van der Waals surface area contributed by atoms with Crippen LogP contribution in [0.15, 0.2) is 53.1 Å². The summed E-state index contributed by atoms with van der Waals surface area (Å²) in [6.45, 7) is 6.42. The quantitative estimate of drug-likeness (QED) is 0.535. The summed E-state index contributed by atoms with van der Waals surface area (Å²) in [4.78, 5) is 19.6. The highest BCUT2D eigenvalue weighted by Crippen LogP contribution is 2.24. The number of aromatic nitrogens is 2. The maximum Gasteiger partial charge on any atom is 0.241 e. The molecule has 1 aromatic heterocycles. The summed E-state index contributed by atoms with van der Waals surface area (Å²) in [6.07, 6.45) is 2.52. The Labute approximate surface area is 194 Å². The van der Waals surface area contributed by atoms with Gasteiger partial charge in [-0.2, -0.15) is 4.98 Å². The number of halogens is 1. The average Bonchev–Trinajstić information content (AvgIpc) is 3.27. The Morgan fingerprint density at radius 2 is 1.97 bits per heavy atom. The molecule has 1 unspecified atom stereocenters. The molecule has 6 nitrogen and oxygen atoms in total. The molecule has 1 aliphatic heterocycles. The molecule has 0 spiro atoms. The Balaban J connectivity index is 1.28. The second-order valence-corrected chi connectivity index (χ2v) is 8.89. The molecule has 168 valence electrons. The van der Waals surface area contributed by atoms with Gasteiger partial charge in [0.05, 0.1) is 12.6 Å². The summed E-state index contributed by atoms with van der Waals surface area (Å²) in [5.41, 5.74) is 3.22. The van der Waals surface area contributed by atoms with Gasteiger partial charge in [-0.15, -0.1) is 0 Å². The molecule has 0 aliphatic carbocycles. The van der Waals surface area contributed by atoms with Crippen LogP contribution in [0.25, 0.3) is 11.4 Å². The van der Waals surface area contributed by atoms with Crippen LogP contribution in [0.4, 0.5) is 0 Å². The maximum absolute atomic E-state index is 12.9. The molecule has 32 heavy (non-hydrogen) atoms. The number of nitrogens with one attached hydrogen (secondary N) is 1. The van der Waals surface area contributed by atoms with Gasteiger partial charge < -0.3 is 9.84 Å². The third-order valence-corrected chi connectivity index (χ3v) is 6.31. The maximum atomic E-state index is 12.9. The minimum absolute atomic E-state index is 0.0375. The zero-order valence-corrected chi connectivity index (χ0v) is 19.3. The van der Waals surface area contributed by atoms with Crippen molar-refractivity contribution in [3.05, 3.63) is 70.6 Å². The Morgan fingerprint density at radius 3 is 2.66 bits per heavy atom. The lowest BCUT2D eigenvalue weighted by molar-refractivity contribution is -0.127. The number of hydrogen-bond donors (Lipinski definition) is 1. The van der Waals surface area contributed by atoms with Crippen LogP contribution in [-0.4, -0.2) is 34.0 Å². The highest BCUT2D eigenvalue weighted by molar-refractivity contribution is 6.30. The lowest BCUT2D eigenvalue weighted by Crippen LogP contribution is -2.41. The van der Waals surface area contributed by atoms with Gasteiger partial charge in [-0.1, -0.05) is 65.6 Å². The van der Waals surface area contributed by atoms with Crippen LogP contribution in [0.1, 0.15) is 49.2 Å². The molecule has 1 saturated heterocycles. The van der Waals surface area contributed by atoms with Crippen molar-refractivity contribution in [1.29, 1.82) is 0 Å². The van der Waals surface area contributed by atoms with Gasteiger partial charge >= 0.3 is 0 Å². The fourth-order valence-electron chi connectivity index (χ4n) is 4.12. The predicted molar refractivity (Wildman–Crippen MR) is 125 cm³/mol. The predicted octanol–water partition coefficient (Wildman–Crippen LogP) is 5.18. The van der Waals surface area contributed by atoms with Gasteiger partial charge in [0.2, 0.25) is 17.6 Å². The smallest absolute Gasteiger partial charge is 0.241 e. The molecule has 0 bridgehead atoms. The largest absolute Gasteiger partial charge is 0.349 e. The standard InChI is InChI=1S/C25H29ClN4O2/c1-3-22(18-9-7-17(2)8-10-18)27-25(31)19-11-13-30(14-12-19)16-23-28-24(29-32-23)20-5-4-6-21(26)15-20/h4-10,15,19,22H,3,11-14,16H2,1-2H3,(H,27,31). The minimum Gasteiger partial charge on any atom is -0.349 e. The molecular weight excluding hydrogens is 424 g/mol. The van der Waals surface area contributed by atoms with Crippen LogP contribution in [-0.2, 0) is 11.3 Å². The highest BCUT2D eigenvalue weighted by Gasteiger charge is 2.27. The highest BCUT2D eigenvalue weighted by atomic mass is 35.5. The van der Waals surface area contributed by atoms with Crippen LogP contribution in [0, 0.1) is 12.8 Å². The van der Waals surface area contributed by atoms with E-state index in [0.29, 0.717) is 23.3 Å². The Kier molecular flexibility index (Phi) is 7.22. The zero-order valence-electron chi connectivity index (χ0n) is 18.6.